The highest BCUT2D eigenvalue weighted by atomic mass is 16.5. The van der Waals surface area contributed by atoms with Crippen LogP contribution in [-0.4, -0.2) is 182 Å². The average molecular weight is 964 g/mol. The normalized spacial score (nSPS) is 13.0. The number of nitrogens with one attached hydrogen (secondary N) is 6. The number of carbonyl (C=O) groups excluding carboxylic acids is 7. The van der Waals surface area contributed by atoms with Gasteiger partial charge in [-0.3, -0.25) is 33.6 Å². The van der Waals surface area contributed by atoms with E-state index in [2.05, 4.69) is 31.9 Å². The molecule has 4 atom stereocenters. The van der Waals surface area contributed by atoms with Crippen LogP contribution >= 0.6 is 0 Å². The molecule has 0 rings (SSSR count). The van der Waals surface area contributed by atoms with Gasteiger partial charge in [0.2, 0.25) is 29.5 Å². The van der Waals surface area contributed by atoms with Gasteiger partial charge >= 0.3 is 12.0 Å². The monoisotopic (exact) mass is 964 g/mol. The fraction of sp³-hybridized carbons (Fsp3) is 0.814. The van der Waals surface area contributed by atoms with Gasteiger partial charge in [0.25, 0.3) is 0 Å². The second kappa shape index (κ2) is 40.5. The van der Waals surface area contributed by atoms with Crippen molar-refractivity contribution in [1.29, 1.82) is 0 Å². The van der Waals surface area contributed by atoms with Gasteiger partial charge in [0, 0.05) is 44.8 Å². The van der Waals surface area contributed by atoms with Crippen LogP contribution < -0.4 is 49.1 Å². The first-order valence-corrected chi connectivity index (χ1v) is 23.1. The molecule has 0 aliphatic carbocycles. The van der Waals surface area contributed by atoms with Crippen LogP contribution in [0.3, 0.4) is 0 Å². The quantitative estimate of drug-likeness (QED) is 0.0301. The molecule has 0 aromatic heterocycles. The van der Waals surface area contributed by atoms with Gasteiger partial charge in [-0.1, -0.05) is 34.1 Å². The molecular formula is C43H81N9O15. The van der Waals surface area contributed by atoms with Crippen LogP contribution in [0.2, 0.25) is 0 Å². The molecule has 7 amide bonds. The predicted octanol–water partition coefficient (Wildman–Crippen LogP) is -1.80. The van der Waals surface area contributed by atoms with Gasteiger partial charge in [0.1, 0.15) is 12.1 Å². The Hall–Kier alpha value is -4.56. The van der Waals surface area contributed by atoms with Gasteiger partial charge in [-0.2, -0.15) is 0 Å². The highest BCUT2D eigenvalue weighted by Gasteiger charge is 2.32. The predicted molar refractivity (Wildman–Crippen MR) is 245 cm³/mol. The lowest BCUT2D eigenvalue weighted by Gasteiger charge is -2.27. The van der Waals surface area contributed by atoms with E-state index in [4.69, 9.17) is 45.6 Å². The summed E-state index contributed by atoms with van der Waals surface area (Å²) >= 11 is 0. The zero-order chi connectivity index (χ0) is 50.2. The minimum Gasteiger partial charge on any atom is -0.481 e. The third-order valence-corrected chi connectivity index (χ3v) is 9.60. The average Bonchev–Trinajstić information content (AvgIpc) is 3.27. The zero-order valence-electron chi connectivity index (χ0n) is 40.0. The number of carboxylic acid groups (broad SMARTS) is 1. The Morgan fingerprint density at radius 2 is 1.03 bits per heavy atom. The summed E-state index contributed by atoms with van der Waals surface area (Å²) in [6.45, 7) is 11.3. The van der Waals surface area contributed by atoms with E-state index in [1.807, 2.05) is 0 Å². The number of amides is 7. The van der Waals surface area contributed by atoms with Gasteiger partial charge in [-0.15, -0.1) is 0 Å². The van der Waals surface area contributed by atoms with Crippen LogP contribution in [0.1, 0.15) is 85.5 Å². The number of urea groups is 1. The SMILES string of the molecule is CC(C)C(=O)C(CCCNC(N)=O)NC(=O)C(NC(=O)C(CCC(=O)O)NC(=O)CCOCCOCCOCCNC(=O)CCOCCOCCOCCNC(=O)C(N)CCCCN)C(C)C. The second-order valence-corrected chi connectivity index (χ2v) is 16.0. The van der Waals surface area contributed by atoms with Crippen LogP contribution in [-0.2, 0) is 62.0 Å². The molecule has 4 unspecified atom stereocenters. The smallest absolute Gasteiger partial charge is 0.312 e. The fourth-order valence-electron chi connectivity index (χ4n) is 5.84. The van der Waals surface area contributed by atoms with Gasteiger partial charge in [-0.25, -0.2) is 4.79 Å². The van der Waals surface area contributed by atoms with Gasteiger partial charge in [0.05, 0.1) is 91.4 Å². The number of carbonyl (C=O) groups is 8. The lowest BCUT2D eigenvalue weighted by molar-refractivity contribution is -0.138. The van der Waals surface area contributed by atoms with E-state index in [1.54, 1.807) is 27.7 Å². The Morgan fingerprint density at radius 1 is 0.507 bits per heavy atom. The number of rotatable bonds is 44. The second-order valence-electron chi connectivity index (χ2n) is 16.0. The first-order valence-electron chi connectivity index (χ1n) is 23.1. The van der Waals surface area contributed by atoms with Crippen molar-refractivity contribution in [2.24, 2.45) is 29.0 Å². The van der Waals surface area contributed by atoms with Crippen LogP contribution in [0, 0.1) is 11.8 Å². The molecule has 0 aliphatic rings. The molecule has 24 heteroatoms. The Labute approximate surface area is 394 Å². The zero-order valence-corrected chi connectivity index (χ0v) is 40.0. The molecule has 0 radical (unpaired) electrons. The summed E-state index contributed by atoms with van der Waals surface area (Å²) in [6.07, 6.45) is 2.17. The molecule has 0 aromatic carbocycles. The van der Waals surface area contributed by atoms with Crippen molar-refractivity contribution in [2.45, 2.75) is 110 Å². The summed E-state index contributed by atoms with van der Waals surface area (Å²) in [6, 6.07) is -4.54. The Bertz CT molecular complexity index is 1430. The number of hydrogen-bond donors (Lipinski definition) is 10. The minimum atomic E-state index is -1.27. The topological polar surface area (TPSA) is 362 Å². The van der Waals surface area contributed by atoms with Crippen molar-refractivity contribution in [3.8, 4) is 0 Å². The molecule has 0 saturated carbocycles. The van der Waals surface area contributed by atoms with Crippen molar-refractivity contribution >= 4 is 47.3 Å². The first-order chi connectivity index (χ1) is 32.0. The van der Waals surface area contributed by atoms with E-state index in [0.29, 0.717) is 65.5 Å². The van der Waals surface area contributed by atoms with E-state index >= 15 is 0 Å². The van der Waals surface area contributed by atoms with Crippen molar-refractivity contribution < 1.29 is 71.9 Å². The minimum absolute atomic E-state index is 0.0118. The number of ketones is 1. The highest BCUT2D eigenvalue weighted by Crippen LogP contribution is 2.10. The lowest BCUT2D eigenvalue weighted by atomic mass is 9.96. The summed E-state index contributed by atoms with van der Waals surface area (Å²) < 4.78 is 32.6. The van der Waals surface area contributed by atoms with E-state index < -0.39 is 72.1 Å². The summed E-state index contributed by atoms with van der Waals surface area (Å²) in [5, 5.41) is 25.0. The Balaban J connectivity index is 4.22. The Morgan fingerprint density at radius 3 is 1.54 bits per heavy atom. The number of ether oxygens (including phenoxy) is 6. The Kier molecular flexibility index (Phi) is 37.7. The molecule has 0 aromatic rings. The highest BCUT2D eigenvalue weighted by molar-refractivity contribution is 5.95. The van der Waals surface area contributed by atoms with E-state index in [-0.39, 0.29) is 96.1 Å². The lowest BCUT2D eigenvalue weighted by Crippen LogP contribution is -2.57. The molecule has 388 valence electrons. The molecule has 0 fully saturated rings. The molecule has 0 saturated heterocycles. The van der Waals surface area contributed by atoms with Crippen molar-refractivity contribution in [3.63, 3.8) is 0 Å². The molecule has 24 nitrogen and oxygen atoms in total. The van der Waals surface area contributed by atoms with Gasteiger partial charge in [-0.05, 0) is 44.6 Å². The molecule has 0 aliphatic heterocycles. The van der Waals surface area contributed by atoms with E-state index in [0.717, 1.165) is 12.8 Å². The summed E-state index contributed by atoms with van der Waals surface area (Å²) in [4.78, 5) is 98.5. The number of aliphatic carboxylic acids is 1. The maximum absolute atomic E-state index is 13.4. The maximum atomic E-state index is 13.4. The largest absolute Gasteiger partial charge is 0.481 e. The number of Topliss-reactive ketones (excluding diaryl/α,β-unsaturated/α-hetero) is 1. The standard InChI is InChI=1S/C43H81N9O15/c1-30(2)38(42(60)51-33(39(57)31(3)4)9-7-15-49-43(46)61)52-41(59)34(10-11-37(55)56)50-36(54)13-19-63-23-27-67-28-24-64-20-16-47-35(53)12-18-62-22-26-66-29-25-65-21-17-48-40(58)32(45)8-5-6-14-44/h30-34,38H,5-29,44-45H2,1-4H3,(H,47,53)(H,48,58)(H,50,54)(H,51,60)(H,52,59)(H,55,56)(H3,46,49,61). The van der Waals surface area contributed by atoms with E-state index in [1.165, 1.54) is 0 Å². The molecular weight excluding hydrogens is 883 g/mol. The molecule has 0 spiro atoms. The van der Waals surface area contributed by atoms with Crippen LogP contribution in [0.15, 0.2) is 0 Å². The molecule has 0 heterocycles. The molecule has 0 bridgehead atoms. The maximum Gasteiger partial charge on any atom is 0.312 e. The van der Waals surface area contributed by atoms with Crippen LogP contribution in [0.4, 0.5) is 4.79 Å². The number of nitrogens with two attached hydrogens (primary N) is 3. The number of unbranched alkanes of at least 4 members (excludes halogenated alkanes) is 1. The number of carboxylic acids is 1. The molecule has 13 N–H and O–H groups in total. The third-order valence-electron chi connectivity index (χ3n) is 9.60. The van der Waals surface area contributed by atoms with Crippen molar-refractivity contribution in [3.05, 3.63) is 0 Å². The summed E-state index contributed by atoms with van der Waals surface area (Å²) in [7, 11) is 0. The van der Waals surface area contributed by atoms with Crippen molar-refractivity contribution in [2.75, 3.05) is 105 Å². The summed E-state index contributed by atoms with van der Waals surface area (Å²) in [5.41, 5.74) is 16.4. The van der Waals surface area contributed by atoms with Crippen LogP contribution in [0.25, 0.3) is 0 Å². The van der Waals surface area contributed by atoms with Gasteiger partial charge in [0.15, 0.2) is 5.78 Å². The van der Waals surface area contributed by atoms with Crippen LogP contribution in [0.5, 0.6) is 0 Å². The van der Waals surface area contributed by atoms with Gasteiger partial charge < -0.3 is 82.6 Å². The summed E-state index contributed by atoms with van der Waals surface area (Å²) in [5.74, 6) is -4.64. The van der Waals surface area contributed by atoms with Crippen molar-refractivity contribution in [1.82, 2.24) is 31.9 Å². The molecule has 67 heavy (non-hydrogen) atoms. The number of primary amides is 1. The first kappa shape index (κ1) is 62.4. The third kappa shape index (κ3) is 35.3. The fourth-order valence-corrected chi connectivity index (χ4v) is 5.84. The number of hydrogen-bond acceptors (Lipinski definition) is 16. The van der Waals surface area contributed by atoms with E-state index in [9.17, 15) is 43.5 Å².